The summed E-state index contributed by atoms with van der Waals surface area (Å²) in [6.45, 7) is 0. The van der Waals surface area contributed by atoms with E-state index in [0.717, 1.165) is 0 Å². The second-order valence-corrected chi connectivity index (χ2v) is 5.00. The Kier molecular flexibility index (Phi) is 5.81. The number of rotatable bonds is 4. The second-order valence-electron chi connectivity index (χ2n) is 5.00. The maximum atomic E-state index is 11.3. The van der Waals surface area contributed by atoms with Gasteiger partial charge in [0.1, 0.15) is 0 Å². The van der Waals surface area contributed by atoms with Crippen molar-refractivity contribution < 1.29 is 50.6 Å². The minimum atomic E-state index is -1.43. The van der Waals surface area contributed by atoms with Gasteiger partial charge in [-0.2, -0.15) is 0 Å². The molecule has 2 bridgehead atoms. The number of aliphatic carboxylic acids is 4. The molecule has 124 valence electrons. The quantitative estimate of drug-likeness (QED) is 0.422. The Morgan fingerprint density at radius 2 is 0.727 bits per heavy atom. The fraction of sp³-hybridized carbons (Fsp3) is 0.500. The van der Waals surface area contributed by atoms with Gasteiger partial charge in [0.25, 0.3) is 0 Å². The van der Waals surface area contributed by atoms with Gasteiger partial charge in [0.15, 0.2) is 0 Å². The molecule has 4 unspecified atom stereocenters. The first-order chi connectivity index (χ1) is 9.27. The molecule has 0 heterocycles. The summed E-state index contributed by atoms with van der Waals surface area (Å²) >= 11 is 0. The molecule has 0 aromatic carbocycles. The summed E-state index contributed by atoms with van der Waals surface area (Å²) < 4.78 is 0. The molecule has 0 saturated heterocycles. The monoisotopic (exact) mass is 320 g/mol. The van der Waals surface area contributed by atoms with Crippen molar-refractivity contribution in [3.05, 3.63) is 12.2 Å². The van der Waals surface area contributed by atoms with Gasteiger partial charge in [0, 0.05) is 11.8 Å². The van der Waals surface area contributed by atoms with Crippen molar-refractivity contribution >= 4 is 23.9 Å². The highest BCUT2D eigenvalue weighted by molar-refractivity contribution is 5.88. The van der Waals surface area contributed by atoms with E-state index in [9.17, 15) is 19.2 Å². The van der Waals surface area contributed by atoms with E-state index in [0.29, 0.717) is 0 Å². The van der Waals surface area contributed by atoms with Crippen LogP contribution in [0, 0.1) is 35.5 Å². The Labute approximate surface area is 123 Å². The minimum Gasteiger partial charge on any atom is -0.481 e. The first kappa shape index (κ1) is 19.5. The molecule has 4 atom stereocenters. The van der Waals surface area contributed by atoms with Crippen LogP contribution in [0.1, 0.15) is 0 Å². The van der Waals surface area contributed by atoms with Gasteiger partial charge >= 0.3 is 23.9 Å². The molecule has 8 N–H and O–H groups in total. The van der Waals surface area contributed by atoms with Gasteiger partial charge in [-0.25, -0.2) is 0 Å². The molecule has 22 heavy (non-hydrogen) atoms. The lowest BCUT2D eigenvalue weighted by Crippen LogP contribution is -2.57. The first-order valence-corrected chi connectivity index (χ1v) is 5.87. The molecule has 1 fully saturated rings. The predicted octanol–water partition coefficient (Wildman–Crippen LogP) is -2.04. The molecule has 0 amide bonds. The van der Waals surface area contributed by atoms with Crippen LogP contribution < -0.4 is 0 Å². The standard InChI is InChI=1S/C12H12O8.2H2O/c13-9(14)5-3-1-2-4(7(5)11(17)18)8(12(19)20)6(3)10(15)16;;/h1-8H,(H,13,14)(H,15,16)(H,17,18)(H,19,20);2*1H2. The van der Waals surface area contributed by atoms with Crippen LogP contribution in [0.2, 0.25) is 0 Å². The van der Waals surface area contributed by atoms with Crippen molar-refractivity contribution in [2.45, 2.75) is 0 Å². The van der Waals surface area contributed by atoms with Crippen molar-refractivity contribution in [3.8, 4) is 0 Å². The van der Waals surface area contributed by atoms with Gasteiger partial charge in [0.2, 0.25) is 0 Å². The Bertz CT molecular complexity index is 438. The highest BCUT2D eigenvalue weighted by atomic mass is 16.4. The molecule has 0 aliphatic heterocycles. The second kappa shape index (κ2) is 6.54. The van der Waals surface area contributed by atoms with E-state index >= 15 is 0 Å². The van der Waals surface area contributed by atoms with E-state index in [4.69, 9.17) is 20.4 Å². The molecule has 0 radical (unpaired) electrons. The zero-order chi connectivity index (χ0) is 15.2. The molecule has 0 spiro atoms. The van der Waals surface area contributed by atoms with E-state index < -0.39 is 59.4 Å². The van der Waals surface area contributed by atoms with E-state index in [-0.39, 0.29) is 11.0 Å². The van der Waals surface area contributed by atoms with E-state index in [1.54, 1.807) is 0 Å². The van der Waals surface area contributed by atoms with E-state index in [1.807, 2.05) is 0 Å². The average molecular weight is 320 g/mol. The third-order valence-electron chi connectivity index (χ3n) is 4.13. The Morgan fingerprint density at radius 3 is 0.864 bits per heavy atom. The lowest BCUT2D eigenvalue weighted by molar-refractivity contribution is -0.178. The largest absolute Gasteiger partial charge is 0.481 e. The number of hydrogen-bond donors (Lipinski definition) is 4. The lowest BCUT2D eigenvalue weighted by atomic mass is 9.53. The minimum absolute atomic E-state index is 0. The molecule has 0 aromatic rings. The molecule has 1 saturated carbocycles. The van der Waals surface area contributed by atoms with E-state index in [1.165, 1.54) is 12.2 Å². The summed E-state index contributed by atoms with van der Waals surface area (Å²) in [5, 5.41) is 36.7. The van der Waals surface area contributed by atoms with Crippen LogP contribution in [0.3, 0.4) is 0 Å². The van der Waals surface area contributed by atoms with Crippen molar-refractivity contribution in [3.63, 3.8) is 0 Å². The summed E-state index contributed by atoms with van der Waals surface area (Å²) in [5.74, 6) is -13.7. The number of hydrogen-bond acceptors (Lipinski definition) is 4. The summed E-state index contributed by atoms with van der Waals surface area (Å²) in [4.78, 5) is 45.1. The number of carboxylic acids is 4. The third-order valence-corrected chi connectivity index (χ3v) is 4.13. The maximum absolute atomic E-state index is 11.3. The molecule has 3 rings (SSSR count). The van der Waals surface area contributed by atoms with Gasteiger partial charge in [-0.05, 0) is 0 Å². The van der Waals surface area contributed by atoms with Crippen LogP contribution in [-0.2, 0) is 19.2 Å². The molecule has 3 aliphatic carbocycles. The van der Waals surface area contributed by atoms with E-state index in [2.05, 4.69) is 0 Å². The fourth-order valence-electron chi connectivity index (χ4n) is 3.41. The van der Waals surface area contributed by atoms with Gasteiger partial charge in [-0.1, -0.05) is 12.2 Å². The topological polar surface area (TPSA) is 212 Å². The SMILES string of the molecule is O.O.O=C(O)C1C2C=CC(C1C(=O)O)C(C(=O)O)C2C(=O)O. The summed E-state index contributed by atoms with van der Waals surface area (Å²) in [7, 11) is 0. The third kappa shape index (κ3) is 2.65. The number of allylic oxidation sites excluding steroid dienone is 2. The van der Waals surface area contributed by atoms with Crippen LogP contribution in [0.25, 0.3) is 0 Å². The van der Waals surface area contributed by atoms with Crippen molar-refractivity contribution in [2.75, 3.05) is 0 Å². The van der Waals surface area contributed by atoms with Gasteiger partial charge in [0.05, 0.1) is 23.7 Å². The van der Waals surface area contributed by atoms with Crippen LogP contribution in [0.5, 0.6) is 0 Å². The summed E-state index contributed by atoms with van der Waals surface area (Å²) in [6, 6.07) is 0. The molecule has 3 aliphatic rings. The molecule has 10 heteroatoms. The Morgan fingerprint density at radius 1 is 0.545 bits per heavy atom. The van der Waals surface area contributed by atoms with Crippen LogP contribution in [-0.4, -0.2) is 55.3 Å². The fourth-order valence-corrected chi connectivity index (χ4v) is 3.41. The normalized spacial score (nSPS) is 34.9. The number of fused-ring (bicyclic) bond motifs is 2. The van der Waals surface area contributed by atoms with Crippen molar-refractivity contribution in [1.29, 1.82) is 0 Å². The summed E-state index contributed by atoms with van der Waals surface area (Å²) in [6.07, 6.45) is 2.64. The van der Waals surface area contributed by atoms with Crippen molar-refractivity contribution in [1.82, 2.24) is 0 Å². The van der Waals surface area contributed by atoms with Crippen LogP contribution >= 0.6 is 0 Å². The number of carboxylic acid groups (broad SMARTS) is 4. The molecule has 10 nitrogen and oxygen atoms in total. The lowest BCUT2D eigenvalue weighted by Gasteiger charge is -2.47. The summed E-state index contributed by atoms with van der Waals surface area (Å²) in [5.41, 5.74) is 0. The Balaban J connectivity index is 0.00000220. The van der Waals surface area contributed by atoms with Crippen LogP contribution in [0.15, 0.2) is 12.2 Å². The predicted molar refractivity (Wildman–Crippen MR) is 67.9 cm³/mol. The smallest absolute Gasteiger partial charge is 0.308 e. The van der Waals surface area contributed by atoms with Gasteiger partial charge < -0.3 is 31.4 Å². The Hall–Kier alpha value is -2.46. The van der Waals surface area contributed by atoms with Crippen LogP contribution in [0.4, 0.5) is 0 Å². The van der Waals surface area contributed by atoms with Gasteiger partial charge in [-0.3, -0.25) is 19.2 Å². The average Bonchev–Trinajstić information content (AvgIpc) is 2.36. The molecular formula is C12H16O10. The van der Waals surface area contributed by atoms with Gasteiger partial charge in [-0.15, -0.1) is 0 Å². The highest BCUT2D eigenvalue weighted by Crippen LogP contribution is 2.51. The van der Waals surface area contributed by atoms with Crippen molar-refractivity contribution in [2.24, 2.45) is 35.5 Å². The molecule has 0 aromatic heterocycles. The zero-order valence-electron chi connectivity index (χ0n) is 11.0. The zero-order valence-corrected chi connectivity index (χ0v) is 11.0. The first-order valence-electron chi connectivity index (χ1n) is 5.87. The molecular weight excluding hydrogens is 304 g/mol. The highest BCUT2D eigenvalue weighted by Gasteiger charge is 2.61. The maximum Gasteiger partial charge on any atom is 0.308 e. The number of carbonyl (C=O) groups is 4.